The summed E-state index contributed by atoms with van der Waals surface area (Å²) in [5.74, 6) is -0.220. The lowest BCUT2D eigenvalue weighted by Gasteiger charge is -2.14. The monoisotopic (exact) mass is 382 g/mol. The smallest absolute Gasteiger partial charge is 0.230 e. The van der Waals surface area contributed by atoms with Crippen molar-refractivity contribution in [3.05, 3.63) is 90.0 Å². The molecule has 142 valence electrons. The van der Waals surface area contributed by atoms with Crippen LogP contribution in [0.2, 0.25) is 0 Å². The standard InChI is InChI=1S/C23H18N4O2/c24-12-16-6-9-21(18(10-16)14-28)26-23(29)11-22-20(17-4-2-1-3-5-17)8-7-19-13-25-15-27(19)22/h1-10,13,15,28H,11,14H2,(H,26,29). The number of nitriles is 1. The minimum atomic E-state index is -0.266. The van der Waals surface area contributed by atoms with E-state index in [1.807, 2.05) is 52.9 Å². The molecule has 4 aromatic rings. The Kier molecular flexibility index (Phi) is 5.06. The Labute approximate surface area is 167 Å². The molecule has 6 nitrogen and oxygen atoms in total. The lowest BCUT2D eigenvalue weighted by atomic mass is 10.0. The molecular formula is C23H18N4O2. The van der Waals surface area contributed by atoms with Gasteiger partial charge < -0.3 is 14.8 Å². The molecule has 0 atom stereocenters. The van der Waals surface area contributed by atoms with Crippen LogP contribution in [0.25, 0.3) is 16.6 Å². The number of fused-ring (bicyclic) bond motifs is 1. The number of pyridine rings is 1. The Morgan fingerprint density at radius 2 is 1.97 bits per heavy atom. The van der Waals surface area contributed by atoms with E-state index in [0.717, 1.165) is 22.3 Å². The molecule has 0 aliphatic carbocycles. The minimum Gasteiger partial charge on any atom is -0.392 e. The van der Waals surface area contributed by atoms with Crippen LogP contribution in [0.3, 0.4) is 0 Å². The summed E-state index contributed by atoms with van der Waals surface area (Å²) in [4.78, 5) is 17.1. The topological polar surface area (TPSA) is 90.4 Å². The lowest BCUT2D eigenvalue weighted by Crippen LogP contribution is -2.18. The summed E-state index contributed by atoms with van der Waals surface area (Å²) < 4.78 is 1.91. The van der Waals surface area contributed by atoms with E-state index in [0.29, 0.717) is 16.8 Å². The third kappa shape index (κ3) is 3.72. The molecule has 0 aliphatic rings. The average molecular weight is 382 g/mol. The van der Waals surface area contributed by atoms with Crippen LogP contribution >= 0.6 is 0 Å². The Hall–Kier alpha value is -3.95. The van der Waals surface area contributed by atoms with Crippen LogP contribution in [-0.2, 0) is 17.8 Å². The van der Waals surface area contributed by atoms with Gasteiger partial charge in [0, 0.05) is 22.5 Å². The van der Waals surface area contributed by atoms with Gasteiger partial charge in [-0.25, -0.2) is 4.98 Å². The molecule has 0 radical (unpaired) electrons. The van der Waals surface area contributed by atoms with Crippen molar-refractivity contribution < 1.29 is 9.90 Å². The second-order valence-electron chi connectivity index (χ2n) is 6.62. The fourth-order valence-electron chi connectivity index (χ4n) is 3.37. The molecule has 2 heterocycles. The molecule has 29 heavy (non-hydrogen) atoms. The molecule has 2 N–H and O–H groups in total. The minimum absolute atomic E-state index is 0.128. The highest BCUT2D eigenvalue weighted by Crippen LogP contribution is 2.26. The van der Waals surface area contributed by atoms with Crippen molar-refractivity contribution in [3.8, 4) is 17.2 Å². The van der Waals surface area contributed by atoms with Crippen molar-refractivity contribution in [1.29, 1.82) is 5.26 Å². The molecule has 2 aromatic carbocycles. The molecular weight excluding hydrogens is 364 g/mol. The molecule has 0 bridgehead atoms. The number of rotatable bonds is 5. The van der Waals surface area contributed by atoms with E-state index < -0.39 is 0 Å². The first-order valence-corrected chi connectivity index (χ1v) is 9.12. The normalized spacial score (nSPS) is 10.6. The van der Waals surface area contributed by atoms with E-state index in [-0.39, 0.29) is 18.9 Å². The SMILES string of the molecule is N#Cc1ccc(NC(=O)Cc2c(-c3ccccc3)ccc3cncn23)c(CO)c1. The van der Waals surface area contributed by atoms with Gasteiger partial charge >= 0.3 is 0 Å². The first-order valence-electron chi connectivity index (χ1n) is 9.12. The highest BCUT2D eigenvalue weighted by Gasteiger charge is 2.15. The molecule has 0 saturated carbocycles. The summed E-state index contributed by atoms with van der Waals surface area (Å²) in [5, 5.41) is 21.4. The second-order valence-corrected chi connectivity index (χ2v) is 6.62. The molecule has 2 aromatic heterocycles. The number of anilines is 1. The Bertz CT molecular complexity index is 1220. The van der Waals surface area contributed by atoms with Gasteiger partial charge in [0.15, 0.2) is 0 Å². The van der Waals surface area contributed by atoms with Gasteiger partial charge in [0.05, 0.1) is 42.7 Å². The number of carbonyl (C=O) groups excluding carboxylic acids is 1. The summed E-state index contributed by atoms with van der Waals surface area (Å²) in [6, 6.07) is 20.7. The predicted molar refractivity (Wildman–Crippen MR) is 110 cm³/mol. The van der Waals surface area contributed by atoms with E-state index in [4.69, 9.17) is 5.26 Å². The van der Waals surface area contributed by atoms with Gasteiger partial charge in [-0.3, -0.25) is 4.79 Å². The Balaban J connectivity index is 1.68. The largest absolute Gasteiger partial charge is 0.392 e. The highest BCUT2D eigenvalue weighted by atomic mass is 16.3. The van der Waals surface area contributed by atoms with Crippen LogP contribution in [0.15, 0.2) is 73.2 Å². The van der Waals surface area contributed by atoms with Crippen molar-refractivity contribution in [2.45, 2.75) is 13.0 Å². The summed E-state index contributed by atoms with van der Waals surface area (Å²) in [7, 11) is 0. The van der Waals surface area contributed by atoms with E-state index >= 15 is 0 Å². The molecule has 0 saturated heterocycles. The zero-order valence-corrected chi connectivity index (χ0v) is 15.5. The highest BCUT2D eigenvalue weighted by molar-refractivity contribution is 5.94. The number of amides is 1. The molecule has 6 heteroatoms. The van der Waals surface area contributed by atoms with Gasteiger partial charge in [-0.05, 0) is 29.8 Å². The van der Waals surface area contributed by atoms with E-state index in [1.165, 1.54) is 0 Å². The first-order chi connectivity index (χ1) is 14.2. The number of nitrogens with zero attached hydrogens (tertiary/aromatic N) is 3. The summed E-state index contributed by atoms with van der Waals surface area (Å²) in [5.41, 5.74) is 5.12. The number of carbonyl (C=O) groups is 1. The number of hydrogen-bond acceptors (Lipinski definition) is 4. The molecule has 0 aliphatic heterocycles. The van der Waals surface area contributed by atoms with E-state index in [1.54, 1.807) is 30.7 Å². The van der Waals surface area contributed by atoms with Crippen molar-refractivity contribution in [3.63, 3.8) is 0 Å². The first kappa shape index (κ1) is 18.4. The number of aliphatic hydroxyl groups is 1. The van der Waals surface area contributed by atoms with Crippen LogP contribution < -0.4 is 5.32 Å². The van der Waals surface area contributed by atoms with Crippen LogP contribution in [0.5, 0.6) is 0 Å². The number of aliphatic hydroxyl groups excluding tert-OH is 1. The predicted octanol–water partition coefficient (Wildman–Crippen LogP) is 3.55. The van der Waals surface area contributed by atoms with Crippen LogP contribution in [0, 0.1) is 11.3 Å². The van der Waals surface area contributed by atoms with Gasteiger partial charge in [-0.2, -0.15) is 5.26 Å². The number of aromatic nitrogens is 2. The Morgan fingerprint density at radius 1 is 1.14 bits per heavy atom. The van der Waals surface area contributed by atoms with Gasteiger partial charge in [-0.1, -0.05) is 36.4 Å². The average Bonchev–Trinajstić information content (AvgIpc) is 3.24. The molecule has 1 amide bonds. The summed E-state index contributed by atoms with van der Waals surface area (Å²) in [6.45, 7) is -0.266. The molecule has 0 unspecified atom stereocenters. The third-order valence-corrected chi connectivity index (χ3v) is 4.78. The van der Waals surface area contributed by atoms with Gasteiger partial charge in [0.2, 0.25) is 5.91 Å². The quantitative estimate of drug-likeness (QED) is 0.552. The van der Waals surface area contributed by atoms with Crippen LogP contribution in [0.4, 0.5) is 5.69 Å². The number of benzene rings is 2. The number of imidazole rings is 1. The molecule has 0 fully saturated rings. The second kappa shape index (κ2) is 7.97. The maximum absolute atomic E-state index is 12.9. The fraction of sp³-hybridized carbons (Fsp3) is 0.0870. The number of hydrogen-bond donors (Lipinski definition) is 2. The van der Waals surface area contributed by atoms with Crippen molar-refractivity contribution >= 4 is 17.1 Å². The molecule has 0 spiro atoms. The molecule has 4 rings (SSSR count). The van der Waals surface area contributed by atoms with Gasteiger partial charge in [-0.15, -0.1) is 0 Å². The van der Waals surface area contributed by atoms with Gasteiger partial charge in [0.25, 0.3) is 0 Å². The maximum Gasteiger partial charge on any atom is 0.230 e. The lowest BCUT2D eigenvalue weighted by molar-refractivity contribution is -0.115. The third-order valence-electron chi connectivity index (χ3n) is 4.78. The van der Waals surface area contributed by atoms with Crippen molar-refractivity contribution in [2.24, 2.45) is 0 Å². The zero-order chi connectivity index (χ0) is 20.2. The fourth-order valence-corrected chi connectivity index (χ4v) is 3.37. The van der Waals surface area contributed by atoms with Crippen molar-refractivity contribution in [2.75, 3.05) is 5.32 Å². The Morgan fingerprint density at radius 3 is 2.72 bits per heavy atom. The van der Waals surface area contributed by atoms with Crippen molar-refractivity contribution in [1.82, 2.24) is 9.38 Å². The van der Waals surface area contributed by atoms with E-state index in [2.05, 4.69) is 10.3 Å². The zero-order valence-electron chi connectivity index (χ0n) is 15.5. The maximum atomic E-state index is 12.9. The van der Waals surface area contributed by atoms with Crippen LogP contribution in [-0.4, -0.2) is 20.4 Å². The summed E-state index contributed by atoms with van der Waals surface area (Å²) in [6.07, 6.45) is 3.58. The number of nitrogens with one attached hydrogen (secondary N) is 1. The van der Waals surface area contributed by atoms with Crippen LogP contribution in [0.1, 0.15) is 16.8 Å². The van der Waals surface area contributed by atoms with E-state index in [9.17, 15) is 9.90 Å². The van der Waals surface area contributed by atoms with Gasteiger partial charge in [0.1, 0.15) is 0 Å². The summed E-state index contributed by atoms with van der Waals surface area (Å²) >= 11 is 0.